The minimum Gasteiger partial charge on any atom is -0.477 e. The van der Waals surface area contributed by atoms with Gasteiger partial charge in [0, 0.05) is 15.6 Å². The van der Waals surface area contributed by atoms with Crippen LogP contribution in [0.5, 0.6) is 10.9 Å². The van der Waals surface area contributed by atoms with Gasteiger partial charge in [-0.15, -0.1) is 0 Å². The maximum absolute atomic E-state index is 12.8. The van der Waals surface area contributed by atoms with Crippen LogP contribution in [-0.2, 0) is 27.7 Å². The zero-order chi connectivity index (χ0) is 32.0. The smallest absolute Gasteiger partial charge is 0.366 e. The van der Waals surface area contributed by atoms with E-state index in [4.69, 9.17) is 32.7 Å². The molecule has 45 heavy (non-hydrogen) atoms. The number of aliphatic carboxylic acids is 1. The molecule has 0 radical (unpaired) electrons. The van der Waals surface area contributed by atoms with E-state index in [-0.39, 0.29) is 28.6 Å². The number of carboxylic acids is 1. The predicted octanol–water partition coefficient (Wildman–Crippen LogP) is 6.81. The highest BCUT2D eigenvalue weighted by Crippen LogP contribution is 2.30. The Hall–Kier alpha value is -4.16. The van der Waals surface area contributed by atoms with Crippen molar-refractivity contribution in [2.24, 2.45) is 0 Å². The van der Waals surface area contributed by atoms with Gasteiger partial charge in [0.15, 0.2) is 9.84 Å². The van der Waals surface area contributed by atoms with Gasteiger partial charge < -0.3 is 19.9 Å². The van der Waals surface area contributed by atoms with Crippen LogP contribution in [0, 0.1) is 0 Å². The summed E-state index contributed by atoms with van der Waals surface area (Å²) in [5, 5.41) is 13.6. The summed E-state index contributed by atoms with van der Waals surface area (Å²) in [5.41, 5.74) is 2.67. The first kappa shape index (κ1) is 32.2. The summed E-state index contributed by atoms with van der Waals surface area (Å²) < 4.78 is 37.3. The summed E-state index contributed by atoms with van der Waals surface area (Å²) in [5.74, 6) is -1.81. The molecule has 4 aromatic carbocycles. The first-order valence-corrected chi connectivity index (χ1v) is 16.8. The molecule has 1 aromatic heterocycles. The topological polar surface area (TPSA) is 132 Å². The molecule has 0 saturated carbocycles. The van der Waals surface area contributed by atoms with Crippen LogP contribution in [0.4, 0.5) is 0 Å². The average molecular weight is 686 g/mol. The number of nitrogens with one attached hydrogen (secondary N) is 1. The molecule has 5 aromatic rings. The first-order valence-electron chi connectivity index (χ1n) is 13.6. The van der Waals surface area contributed by atoms with E-state index in [1.165, 1.54) is 35.6 Å². The second kappa shape index (κ2) is 14.3. The zero-order valence-electron chi connectivity index (χ0n) is 23.5. The molecule has 2 N–H and O–H groups in total. The number of carbonyl (C=O) groups excluding carboxylic acids is 1. The van der Waals surface area contributed by atoms with Crippen molar-refractivity contribution in [2.45, 2.75) is 30.6 Å². The summed E-state index contributed by atoms with van der Waals surface area (Å²) in [7, 11) is -3.44. The van der Waals surface area contributed by atoms with Gasteiger partial charge in [-0.3, -0.25) is 4.79 Å². The van der Waals surface area contributed by atoms with Gasteiger partial charge in [-0.2, -0.15) is 0 Å². The molecular formula is C32H26Cl2N2O7S2. The molecule has 0 fully saturated rings. The van der Waals surface area contributed by atoms with E-state index >= 15 is 0 Å². The van der Waals surface area contributed by atoms with Gasteiger partial charge in [-0.25, -0.2) is 18.2 Å². The van der Waals surface area contributed by atoms with Gasteiger partial charge in [-0.1, -0.05) is 58.8 Å². The third-order valence-electron chi connectivity index (χ3n) is 6.62. The highest BCUT2D eigenvalue weighted by Gasteiger charge is 2.23. The maximum Gasteiger partial charge on any atom is 0.366 e. The lowest BCUT2D eigenvalue weighted by molar-refractivity contribution is -0.146. The number of hydrogen-bond donors (Lipinski definition) is 2. The third kappa shape index (κ3) is 8.73. The largest absolute Gasteiger partial charge is 0.477 e. The van der Waals surface area contributed by atoms with Crippen molar-refractivity contribution in [2.75, 3.05) is 5.75 Å². The zero-order valence-corrected chi connectivity index (χ0v) is 26.6. The molecule has 1 heterocycles. The quantitative estimate of drug-likeness (QED) is 0.129. The minimum atomic E-state index is -3.44. The molecule has 1 amide bonds. The Morgan fingerprint density at radius 3 is 2.24 bits per heavy atom. The van der Waals surface area contributed by atoms with Crippen molar-refractivity contribution in [1.82, 2.24) is 10.3 Å². The summed E-state index contributed by atoms with van der Waals surface area (Å²) in [6, 6.07) is 24.5. The van der Waals surface area contributed by atoms with Gasteiger partial charge in [0.25, 0.3) is 17.3 Å². The average Bonchev–Trinajstić information content (AvgIpc) is 3.43. The normalized spacial score (nSPS) is 12.0. The fourth-order valence-corrected chi connectivity index (χ4v) is 6.81. The standard InChI is InChI=1S/C32H26Cl2N2O7S2/c33-23-9-14-26(15-10-23)45(40,41)17-1-2-20-5-12-25(13-6-20)43-30(31(38)39)36-29(37)22-7-3-21(4-8-22)19-42-32-35-27-16-11-24(34)18-28(27)44-32/h3-16,18,30H,1-2,17,19H2,(H,36,37)(H,38,39). The SMILES string of the molecule is O=C(NC(Oc1ccc(CCCS(=O)(=O)c2ccc(Cl)cc2)cc1)C(=O)O)c1ccc(COc2nc3ccc(Cl)cc3s2)cc1. The maximum atomic E-state index is 12.8. The molecule has 1 atom stereocenters. The van der Waals surface area contributed by atoms with E-state index < -0.39 is 27.9 Å². The van der Waals surface area contributed by atoms with Crippen LogP contribution >= 0.6 is 34.5 Å². The molecule has 0 aliphatic rings. The van der Waals surface area contributed by atoms with E-state index in [9.17, 15) is 23.1 Å². The third-order valence-corrected chi connectivity index (χ3v) is 9.86. The van der Waals surface area contributed by atoms with Crippen LogP contribution in [0.15, 0.2) is 95.9 Å². The van der Waals surface area contributed by atoms with Crippen molar-refractivity contribution in [3.63, 3.8) is 0 Å². The Morgan fingerprint density at radius 1 is 0.889 bits per heavy atom. The lowest BCUT2D eigenvalue weighted by Crippen LogP contribution is -2.44. The molecule has 0 spiro atoms. The molecule has 13 heteroatoms. The molecule has 9 nitrogen and oxygen atoms in total. The second-order valence-electron chi connectivity index (χ2n) is 9.91. The van der Waals surface area contributed by atoms with Crippen LogP contribution in [0.2, 0.25) is 10.0 Å². The molecule has 0 aliphatic heterocycles. The van der Waals surface area contributed by atoms with Crippen LogP contribution < -0.4 is 14.8 Å². The number of thiazole rings is 1. The van der Waals surface area contributed by atoms with Crippen molar-refractivity contribution in [3.05, 3.63) is 118 Å². The number of carbonyl (C=O) groups is 2. The lowest BCUT2D eigenvalue weighted by atomic mass is 10.1. The van der Waals surface area contributed by atoms with Gasteiger partial charge in [0.05, 0.1) is 20.9 Å². The highest BCUT2D eigenvalue weighted by molar-refractivity contribution is 7.91. The van der Waals surface area contributed by atoms with Crippen LogP contribution in [-0.4, -0.2) is 42.4 Å². The number of benzene rings is 4. The van der Waals surface area contributed by atoms with Crippen LogP contribution in [0.25, 0.3) is 10.2 Å². The number of sulfone groups is 1. The van der Waals surface area contributed by atoms with Crippen LogP contribution in [0.3, 0.4) is 0 Å². The second-order valence-corrected chi connectivity index (χ2v) is 13.9. The van der Waals surface area contributed by atoms with E-state index in [0.29, 0.717) is 28.1 Å². The number of rotatable bonds is 13. The molecule has 232 valence electrons. The Bertz CT molecular complexity index is 1910. The fraction of sp³-hybridized carbons (Fsp3) is 0.156. The summed E-state index contributed by atoms with van der Waals surface area (Å²) in [6.07, 6.45) is -0.757. The monoisotopic (exact) mass is 684 g/mol. The lowest BCUT2D eigenvalue weighted by Gasteiger charge is -2.17. The highest BCUT2D eigenvalue weighted by atomic mass is 35.5. The Morgan fingerprint density at radius 2 is 1.56 bits per heavy atom. The van der Waals surface area contributed by atoms with Crippen LogP contribution in [0.1, 0.15) is 27.9 Å². The van der Waals surface area contributed by atoms with Gasteiger partial charge in [0.2, 0.25) is 0 Å². The number of fused-ring (bicyclic) bond motifs is 1. The number of aromatic nitrogens is 1. The Kier molecular flexibility index (Phi) is 10.2. The number of halogens is 2. The van der Waals surface area contributed by atoms with E-state index in [2.05, 4.69) is 10.3 Å². The van der Waals surface area contributed by atoms with E-state index in [1.807, 2.05) is 12.1 Å². The van der Waals surface area contributed by atoms with Gasteiger partial charge >= 0.3 is 5.97 Å². The first-order chi connectivity index (χ1) is 21.6. The Balaban J connectivity index is 1.11. The van der Waals surface area contributed by atoms with Crippen molar-refractivity contribution in [1.29, 1.82) is 0 Å². The minimum absolute atomic E-state index is 0.0348. The number of amides is 1. The van der Waals surface area contributed by atoms with E-state index in [1.54, 1.807) is 54.6 Å². The number of aryl methyl sites for hydroxylation is 1. The van der Waals surface area contributed by atoms with Gasteiger partial charge in [0.1, 0.15) is 12.4 Å². The predicted molar refractivity (Wildman–Crippen MR) is 173 cm³/mol. The summed E-state index contributed by atoms with van der Waals surface area (Å²) in [6.45, 7) is 0.227. The van der Waals surface area contributed by atoms with Crippen molar-refractivity contribution >= 4 is 66.5 Å². The number of nitrogens with zero attached hydrogens (tertiary/aromatic N) is 1. The number of ether oxygens (including phenoxy) is 2. The number of carboxylic acid groups (broad SMARTS) is 1. The molecular weight excluding hydrogens is 659 g/mol. The molecule has 0 bridgehead atoms. The molecule has 1 unspecified atom stereocenters. The molecule has 0 saturated heterocycles. The molecule has 5 rings (SSSR count). The number of hydrogen-bond acceptors (Lipinski definition) is 8. The molecule has 0 aliphatic carbocycles. The van der Waals surface area contributed by atoms with Crippen molar-refractivity contribution < 1.29 is 32.6 Å². The van der Waals surface area contributed by atoms with E-state index in [0.717, 1.165) is 21.3 Å². The summed E-state index contributed by atoms with van der Waals surface area (Å²) >= 11 is 13.2. The van der Waals surface area contributed by atoms with Gasteiger partial charge in [-0.05, 0) is 90.7 Å². The summed E-state index contributed by atoms with van der Waals surface area (Å²) in [4.78, 5) is 29.2. The Labute approximate surface area is 273 Å². The van der Waals surface area contributed by atoms with Crippen molar-refractivity contribution in [3.8, 4) is 10.9 Å². The fourth-order valence-electron chi connectivity index (χ4n) is 4.28.